The van der Waals surface area contributed by atoms with E-state index in [1.165, 1.54) is 16.3 Å². The molecule has 1 nitrogen and oxygen atoms in total. The fourth-order valence-corrected chi connectivity index (χ4v) is 1.75. The highest BCUT2D eigenvalue weighted by molar-refractivity contribution is 5.87. The van der Waals surface area contributed by atoms with Crippen LogP contribution in [0.4, 0.5) is 0 Å². The van der Waals surface area contributed by atoms with Gasteiger partial charge in [0.15, 0.2) is 0 Å². The van der Waals surface area contributed by atoms with E-state index >= 15 is 0 Å². The van der Waals surface area contributed by atoms with E-state index in [4.69, 9.17) is 0 Å². The van der Waals surface area contributed by atoms with Gasteiger partial charge in [-0.25, -0.2) is 0 Å². The molecule has 0 saturated carbocycles. The Hall–Kier alpha value is -1.37. The molecule has 2 aromatic rings. The second-order valence-corrected chi connectivity index (χ2v) is 3.52. The molecule has 2 rings (SSSR count). The van der Waals surface area contributed by atoms with E-state index in [0.29, 0.717) is 0 Å². The van der Waals surface area contributed by atoms with Crippen LogP contribution >= 0.6 is 0 Å². The van der Waals surface area contributed by atoms with Crippen LogP contribution in [0, 0.1) is 20.8 Å². The lowest BCUT2D eigenvalue weighted by Crippen LogP contribution is -1.89. The van der Waals surface area contributed by atoms with Crippen molar-refractivity contribution in [3.05, 3.63) is 41.2 Å². The van der Waals surface area contributed by atoms with Crippen LogP contribution in [0.3, 0.4) is 0 Å². The van der Waals surface area contributed by atoms with Gasteiger partial charge in [-0.15, -0.1) is 0 Å². The van der Waals surface area contributed by atoms with Gasteiger partial charge in [0.05, 0.1) is 0 Å². The van der Waals surface area contributed by atoms with Gasteiger partial charge in [-0.2, -0.15) is 0 Å². The number of rotatable bonds is 0. The molecule has 0 atom stereocenters. The summed E-state index contributed by atoms with van der Waals surface area (Å²) in [6.45, 7) is 6.24. The molecular formula is C12H13N. The number of benzene rings is 1. The Balaban J connectivity index is 2.94. The summed E-state index contributed by atoms with van der Waals surface area (Å²) in [5.74, 6) is 0. The Bertz CT molecular complexity index is 458. The number of aryl methyl sites for hydroxylation is 3. The van der Waals surface area contributed by atoms with E-state index in [-0.39, 0.29) is 0 Å². The molecule has 1 heterocycles. The van der Waals surface area contributed by atoms with Gasteiger partial charge in [-0.3, -0.25) is 4.98 Å². The lowest BCUT2D eigenvalue weighted by Gasteiger charge is -2.05. The maximum Gasteiger partial charge on any atom is 0.0454 e. The van der Waals surface area contributed by atoms with Gasteiger partial charge < -0.3 is 0 Å². The Morgan fingerprint density at radius 1 is 1.00 bits per heavy atom. The molecule has 0 amide bonds. The molecule has 0 saturated heterocycles. The molecule has 0 unspecified atom stereocenters. The summed E-state index contributed by atoms with van der Waals surface area (Å²) in [5.41, 5.74) is 3.55. The minimum absolute atomic E-state index is 1.10. The molecule has 66 valence electrons. The van der Waals surface area contributed by atoms with Crippen LogP contribution in [0.5, 0.6) is 0 Å². The van der Waals surface area contributed by atoms with E-state index in [1.54, 1.807) is 0 Å². The standard InChI is InChI=1S/C12H13N/c1-8-5-4-6-11-10(3)13-9(2)7-12(8)11/h4-7H,1-3H3. The first-order valence-electron chi connectivity index (χ1n) is 4.52. The number of fused-ring (bicyclic) bond motifs is 1. The number of hydrogen-bond donors (Lipinski definition) is 0. The third-order valence-corrected chi connectivity index (χ3v) is 2.41. The number of pyridine rings is 1. The molecule has 0 N–H and O–H groups in total. The van der Waals surface area contributed by atoms with Crippen LogP contribution in [-0.2, 0) is 0 Å². The molecule has 1 aromatic heterocycles. The first-order chi connectivity index (χ1) is 6.18. The van der Waals surface area contributed by atoms with Gasteiger partial charge in [0.1, 0.15) is 0 Å². The van der Waals surface area contributed by atoms with E-state index < -0.39 is 0 Å². The molecule has 0 fully saturated rings. The van der Waals surface area contributed by atoms with E-state index in [2.05, 4.69) is 43.1 Å². The SMILES string of the molecule is Cc1cc2c(C)cccc2c(C)n1. The first kappa shape index (κ1) is 8.24. The van der Waals surface area contributed by atoms with Crippen molar-refractivity contribution in [1.29, 1.82) is 0 Å². The number of aromatic nitrogens is 1. The zero-order valence-electron chi connectivity index (χ0n) is 8.26. The largest absolute Gasteiger partial charge is 0.258 e. The van der Waals surface area contributed by atoms with Gasteiger partial charge in [0, 0.05) is 16.8 Å². The molecule has 0 aliphatic carbocycles. The highest BCUT2D eigenvalue weighted by atomic mass is 14.7. The molecule has 0 aliphatic rings. The van der Waals surface area contributed by atoms with Crippen molar-refractivity contribution in [3.63, 3.8) is 0 Å². The summed E-state index contributed by atoms with van der Waals surface area (Å²) in [6, 6.07) is 8.50. The second kappa shape index (κ2) is 2.84. The van der Waals surface area contributed by atoms with Gasteiger partial charge in [0.25, 0.3) is 0 Å². The molecular weight excluding hydrogens is 158 g/mol. The summed E-state index contributed by atoms with van der Waals surface area (Å²) in [7, 11) is 0. The van der Waals surface area contributed by atoms with E-state index in [1.807, 2.05) is 6.92 Å². The molecule has 1 heteroatoms. The highest BCUT2D eigenvalue weighted by Crippen LogP contribution is 2.20. The lowest BCUT2D eigenvalue weighted by molar-refractivity contribution is 1.15. The van der Waals surface area contributed by atoms with Crippen molar-refractivity contribution >= 4 is 10.8 Å². The van der Waals surface area contributed by atoms with Crippen LogP contribution < -0.4 is 0 Å². The number of nitrogens with zero attached hydrogens (tertiary/aromatic N) is 1. The monoisotopic (exact) mass is 171 g/mol. The third-order valence-electron chi connectivity index (χ3n) is 2.41. The van der Waals surface area contributed by atoms with Crippen LogP contribution in [-0.4, -0.2) is 4.98 Å². The van der Waals surface area contributed by atoms with Crippen LogP contribution in [0.25, 0.3) is 10.8 Å². The van der Waals surface area contributed by atoms with Gasteiger partial charge in [0.2, 0.25) is 0 Å². The molecule has 1 aromatic carbocycles. The van der Waals surface area contributed by atoms with E-state index in [9.17, 15) is 0 Å². The Morgan fingerprint density at radius 2 is 1.77 bits per heavy atom. The van der Waals surface area contributed by atoms with Crippen molar-refractivity contribution in [2.24, 2.45) is 0 Å². The van der Waals surface area contributed by atoms with Gasteiger partial charge in [-0.05, 0) is 37.8 Å². The average molecular weight is 171 g/mol. The van der Waals surface area contributed by atoms with Gasteiger partial charge in [-0.1, -0.05) is 18.2 Å². The first-order valence-corrected chi connectivity index (χ1v) is 4.52. The van der Waals surface area contributed by atoms with Crippen molar-refractivity contribution in [2.75, 3.05) is 0 Å². The maximum absolute atomic E-state index is 4.44. The van der Waals surface area contributed by atoms with Crippen LogP contribution in [0.15, 0.2) is 24.3 Å². The maximum atomic E-state index is 4.44. The predicted molar refractivity (Wildman–Crippen MR) is 56.0 cm³/mol. The normalized spacial score (nSPS) is 10.7. The Kier molecular flexibility index (Phi) is 1.80. The number of hydrogen-bond acceptors (Lipinski definition) is 1. The topological polar surface area (TPSA) is 12.9 Å². The summed E-state index contributed by atoms with van der Waals surface area (Å²) in [4.78, 5) is 4.44. The van der Waals surface area contributed by atoms with Crippen molar-refractivity contribution in [3.8, 4) is 0 Å². The third kappa shape index (κ3) is 1.31. The minimum Gasteiger partial charge on any atom is -0.258 e. The van der Waals surface area contributed by atoms with Gasteiger partial charge >= 0.3 is 0 Å². The summed E-state index contributed by atoms with van der Waals surface area (Å²) < 4.78 is 0. The zero-order valence-corrected chi connectivity index (χ0v) is 8.26. The lowest BCUT2D eigenvalue weighted by atomic mass is 10.0. The second-order valence-electron chi connectivity index (χ2n) is 3.52. The van der Waals surface area contributed by atoms with Crippen molar-refractivity contribution < 1.29 is 0 Å². The fourth-order valence-electron chi connectivity index (χ4n) is 1.75. The summed E-state index contributed by atoms with van der Waals surface area (Å²) >= 11 is 0. The molecule has 13 heavy (non-hydrogen) atoms. The van der Waals surface area contributed by atoms with E-state index in [0.717, 1.165) is 11.4 Å². The quantitative estimate of drug-likeness (QED) is 0.593. The Morgan fingerprint density at radius 3 is 2.54 bits per heavy atom. The summed E-state index contributed by atoms with van der Waals surface area (Å²) in [6.07, 6.45) is 0. The van der Waals surface area contributed by atoms with Crippen molar-refractivity contribution in [1.82, 2.24) is 4.98 Å². The Labute approximate surface area is 78.4 Å². The zero-order chi connectivity index (χ0) is 9.42. The summed E-state index contributed by atoms with van der Waals surface area (Å²) in [5, 5.41) is 2.60. The molecule has 0 bridgehead atoms. The smallest absolute Gasteiger partial charge is 0.0454 e. The average Bonchev–Trinajstić information content (AvgIpc) is 2.07. The molecule has 0 radical (unpaired) electrons. The fraction of sp³-hybridized carbons (Fsp3) is 0.250. The molecule has 0 spiro atoms. The highest BCUT2D eigenvalue weighted by Gasteiger charge is 2.01. The van der Waals surface area contributed by atoms with Crippen LogP contribution in [0.1, 0.15) is 17.0 Å². The predicted octanol–water partition coefficient (Wildman–Crippen LogP) is 3.16. The van der Waals surface area contributed by atoms with Crippen LogP contribution in [0.2, 0.25) is 0 Å². The van der Waals surface area contributed by atoms with Crippen molar-refractivity contribution in [2.45, 2.75) is 20.8 Å². The minimum atomic E-state index is 1.10. The molecule has 0 aliphatic heterocycles.